The Hall–Kier alpha value is 1.06. The molecule has 0 N–H and O–H groups in total. The zero-order valence-electron chi connectivity index (χ0n) is 7.42. The SMILES string of the molecule is [CH2-]C1CCCCC1N([CH2-])C.[Y]. The van der Waals surface area contributed by atoms with Crippen molar-refractivity contribution in [3.05, 3.63) is 14.0 Å². The zero-order valence-corrected chi connectivity index (χ0v) is 10.3. The minimum absolute atomic E-state index is 0. The Morgan fingerprint density at radius 1 is 1.27 bits per heavy atom. The quantitative estimate of drug-likeness (QED) is 0.621. The molecule has 2 unspecified atom stereocenters. The summed E-state index contributed by atoms with van der Waals surface area (Å²) in [6.07, 6.45) is 5.29. The maximum atomic E-state index is 4.12. The summed E-state index contributed by atoms with van der Waals surface area (Å²) in [5.74, 6) is 0.608. The molecule has 11 heavy (non-hydrogen) atoms. The minimum atomic E-state index is 0. The summed E-state index contributed by atoms with van der Waals surface area (Å²) in [6.45, 7) is 4.12. The summed E-state index contributed by atoms with van der Waals surface area (Å²) in [4.78, 5) is 2.07. The van der Waals surface area contributed by atoms with Crippen LogP contribution in [0, 0.1) is 19.9 Å². The van der Waals surface area contributed by atoms with E-state index in [1.54, 1.807) is 0 Å². The van der Waals surface area contributed by atoms with Crippen LogP contribution >= 0.6 is 0 Å². The van der Waals surface area contributed by atoms with Crippen molar-refractivity contribution in [3.63, 3.8) is 0 Å². The van der Waals surface area contributed by atoms with Crippen LogP contribution in [0.5, 0.6) is 0 Å². The largest absolute Gasteiger partial charge is 0.461 e. The van der Waals surface area contributed by atoms with Gasteiger partial charge in [0.2, 0.25) is 0 Å². The molecule has 0 aromatic rings. The Morgan fingerprint density at radius 2 is 1.82 bits per heavy atom. The second kappa shape index (κ2) is 5.67. The van der Waals surface area contributed by atoms with E-state index in [0.29, 0.717) is 12.0 Å². The molecule has 0 aromatic carbocycles. The Balaban J connectivity index is 0.000001000. The van der Waals surface area contributed by atoms with Crippen molar-refractivity contribution in [1.82, 2.24) is 4.90 Å². The van der Waals surface area contributed by atoms with Gasteiger partial charge in [-0.2, -0.15) is 5.92 Å². The number of nitrogens with zero attached hydrogens (tertiary/aromatic N) is 1. The van der Waals surface area contributed by atoms with Crippen LogP contribution in [0.25, 0.3) is 0 Å². The molecule has 0 heterocycles. The van der Waals surface area contributed by atoms with Crippen LogP contribution in [0.15, 0.2) is 0 Å². The van der Waals surface area contributed by atoms with E-state index in [2.05, 4.69) is 18.9 Å². The third kappa shape index (κ3) is 3.52. The van der Waals surface area contributed by atoms with Gasteiger partial charge in [-0.15, -0.1) is 0 Å². The number of rotatable bonds is 1. The molecule has 0 aromatic heterocycles. The molecule has 2 atom stereocenters. The topological polar surface area (TPSA) is 3.24 Å². The van der Waals surface area contributed by atoms with Gasteiger partial charge in [-0.1, -0.05) is 19.3 Å². The molecule has 63 valence electrons. The van der Waals surface area contributed by atoms with Gasteiger partial charge in [-0.3, -0.25) is 7.05 Å². The molecule has 0 saturated heterocycles. The molecule has 2 heteroatoms. The first-order valence-corrected chi connectivity index (χ1v) is 4.08. The normalized spacial score (nSPS) is 31.6. The van der Waals surface area contributed by atoms with Gasteiger partial charge >= 0.3 is 0 Å². The molecule has 0 spiro atoms. The maximum Gasteiger partial charge on any atom is 0 e. The third-order valence-electron chi connectivity index (χ3n) is 2.44. The fourth-order valence-electron chi connectivity index (χ4n) is 1.77. The van der Waals surface area contributed by atoms with Crippen molar-refractivity contribution < 1.29 is 32.7 Å². The summed E-state index contributed by atoms with van der Waals surface area (Å²) in [7, 11) is 5.96. The first-order valence-electron chi connectivity index (χ1n) is 4.08. The van der Waals surface area contributed by atoms with Crippen LogP contribution in [0.4, 0.5) is 0 Å². The zero-order chi connectivity index (χ0) is 7.56. The fourth-order valence-corrected chi connectivity index (χ4v) is 1.77. The second-order valence-electron chi connectivity index (χ2n) is 3.37. The molecule has 1 nitrogen and oxygen atoms in total. The smallest absolute Gasteiger partial charge is 0 e. The summed E-state index contributed by atoms with van der Waals surface area (Å²) in [6, 6.07) is 0.633. The van der Waals surface area contributed by atoms with Gasteiger partial charge in [-0.05, 0) is 19.5 Å². The Morgan fingerprint density at radius 3 is 2.18 bits per heavy atom. The maximum absolute atomic E-state index is 4.12. The van der Waals surface area contributed by atoms with Crippen molar-refractivity contribution in [3.8, 4) is 0 Å². The monoisotopic (exact) mass is 228 g/mol. The molecule has 1 saturated carbocycles. The van der Waals surface area contributed by atoms with Crippen molar-refractivity contribution in [2.45, 2.75) is 31.7 Å². The van der Waals surface area contributed by atoms with Crippen LogP contribution in [0.2, 0.25) is 0 Å². The van der Waals surface area contributed by atoms with Crippen molar-refractivity contribution in [2.24, 2.45) is 5.92 Å². The van der Waals surface area contributed by atoms with E-state index < -0.39 is 0 Å². The van der Waals surface area contributed by atoms with E-state index in [4.69, 9.17) is 0 Å². The van der Waals surface area contributed by atoms with Crippen molar-refractivity contribution in [2.75, 3.05) is 7.05 Å². The summed E-state index contributed by atoms with van der Waals surface area (Å²) in [5.41, 5.74) is 0. The Bertz CT molecular complexity index is 104. The Labute approximate surface area is 95.8 Å². The van der Waals surface area contributed by atoms with E-state index in [-0.39, 0.29) is 32.7 Å². The molecule has 1 radical (unpaired) electrons. The molecule has 1 aliphatic carbocycles. The molecule has 0 aliphatic heterocycles. The second-order valence-corrected chi connectivity index (χ2v) is 3.37. The first-order chi connectivity index (χ1) is 4.72. The predicted molar refractivity (Wildman–Crippen MR) is 44.2 cm³/mol. The van der Waals surface area contributed by atoms with Gasteiger partial charge in [0.05, 0.1) is 0 Å². The van der Waals surface area contributed by atoms with E-state index in [0.717, 1.165) is 0 Å². The van der Waals surface area contributed by atoms with Crippen LogP contribution in [-0.2, 0) is 32.7 Å². The molecule has 0 bridgehead atoms. The molecule has 1 fully saturated rings. The van der Waals surface area contributed by atoms with Gasteiger partial charge in [-0.25, -0.2) is 0 Å². The van der Waals surface area contributed by atoms with Crippen LogP contribution in [-0.4, -0.2) is 18.0 Å². The van der Waals surface area contributed by atoms with Gasteiger partial charge in [0.1, 0.15) is 0 Å². The van der Waals surface area contributed by atoms with Crippen molar-refractivity contribution >= 4 is 0 Å². The van der Waals surface area contributed by atoms with E-state index >= 15 is 0 Å². The van der Waals surface area contributed by atoms with E-state index in [1.165, 1.54) is 25.7 Å². The van der Waals surface area contributed by atoms with Gasteiger partial charge in [0.25, 0.3) is 0 Å². The van der Waals surface area contributed by atoms with E-state index in [1.807, 2.05) is 7.05 Å². The van der Waals surface area contributed by atoms with Crippen LogP contribution in [0.1, 0.15) is 25.7 Å². The fraction of sp³-hybridized carbons (Fsp3) is 0.778. The average molecular weight is 228 g/mol. The number of hydrogen-bond donors (Lipinski definition) is 0. The molecular formula is C9H17NY-2. The Kier molecular flexibility index (Phi) is 6.21. The molecular weight excluding hydrogens is 211 g/mol. The summed E-state index contributed by atoms with van der Waals surface area (Å²) in [5, 5.41) is 0. The van der Waals surface area contributed by atoms with Gasteiger partial charge in [0, 0.05) is 32.7 Å². The first kappa shape index (κ1) is 12.1. The molecule has 1 aliphatic rings. The van der Waals surface area contributed by atoms with Gasteiger partial charge < -0.3 is 11.8 Å². The minimum Gasteiger partial charge on any atom is -0.461 e. The average Bonchev–Trinajstić information content (AvgIpc) is 1.88. The summed E-state index contributed by atoms with van der Waals surface area (Å²) >= 11 is 0. The third-order valence-corrected chi connectivity index (χ3v) is 2.44. The predicted octanol–water partition coefficient (Wildman–Crippen LogP) is 2.10. The van der Waals surface area contributed by atoms with Crippen molar-refractivity contribution in [1.29, 1.82) is 0 Å². The van der Waals surface area contributed by atoms with Crippen LogP contribution < -0.4 is 0 Å². The summed E-state index contributed by atoms with van der Waals surface area (Å²) < 4.78 is 0. The molecule has 1 rings (SSSR count). The van der Waals surface area contributed by atoms with Gasteiger partial charge in [0.15, 0.2) is 0 Å². The molecule has 0 amide bonds. The standard InChI is InChI=1S/C9H17N.Y/c1-8-6-4-5-7-9(8)10(2)3;/h8-9H,1-2,4-7H2,3H3;/q-2;. The van der Waals surface area contributed by atoms with E-state index in [9.17, 15) is 0 Å². The van der Waals surface area contributed by atoms with Crippen LogP contribution in [0.3, 0.4) is 0 Å². The number of hydrogen-bond acceptors (Lipinski definition) is 1.